The summed E-state index contributed by atoms with van der Waals surface area (Å²) >= 11 is 0. The summed E-state index contributed by atoms with van der Waals surface area (Å²) in [6, 6.07) is 0. The average molecular weight is 141 g/mol. The number of hydrogen-bond acceptors (Lipinski definition) is 4. The van der Waals surface area contributed by atoms with Crippen molar-refractivity contribution in [3.8, 4) is 0 Å². The molecule has 0 saturated carbocycles. The zero-order chi connectivity index (χ0) is 7.56. The summed E-state index contributed by atoms with van der Waals surface area (Å²) in [5.41, 5.74) is 4.90. The van der Waals surface area contributed by atoms with Crippen LogP contribution in [0.1, 0.15) is 5.82 Å². The number of carbonyl (C=O) groups excluding carboxylic acids is 1. The molecule has 0 bridgehead atoms. The number of rotatable bonds is 2. The van der Waals surface area contributed by atoms with Gasteiger partial charge in [-0.15, -0.1) is 5.10 Å². The fourth-order valence-electron chi connectivity index (χ4n) is 0.554. The molecular weight excluding hydrogens is 134 g/mol. The van der Waals surface area contributed by atoms with Gasteiger partial charge in [-0.25, -0.2) is 4.68 Å². The fourth-order valence-corrected chi connectivity index (χ4v) is 0.554. The van der Waals surface area contributed by atoms with Crippen molar-refractivity contribution in [1.29, 1.82) is 0 Å². The summed E-state index contributed by atoms with van der Waals surface area (Å²) in [7, 11) is 1.65. The van der Waals surface area contributed by atoms with Crippen LogP contribution in [-0.2, 0) is 18.3 Å². The summed E-state index contributed by atoms with van der Waals surface area (Å²) < 4.78 is 1.41. The van der Waals surface area contributed by atoms with Gasteiger partial charge in [0, 0.05) is 7.05 Å². The molecule has 0 radical (unpaired) electrons. The molecule has 0 spiro atoms. The van der Waals surface area contributed by atoms with Crippen LogP contribution in [0, 0.1) is 0 Å². The number of nitrogens with zero attached hydrogens (tertiary/aromatic N) is 4. The maximum atomic E-state index is 10.3. The molecule has 6 nitrogen and oxygen atoms in total. The standard InChI is InChI=1S/C4H7N5O/c1-9-4(2-3(5)10)6-7-8-9/h2H2,1H3,(H2,5,10). The fraction of sp³-hybridized carbons (Fsp3) is 0.500. The van der Waals surface area contributed by atoms with Crippen molar-refractivity contribution in [2.45, 2.75) is 6.42 Å². The molecule has 1 amide bonds. The van der Waals surface area contributed by atoms with Gasteiger partial charge in [0.15, 0.2) is 5.82 Å². The van der Waals surface area contributed by atoms with Gasteiger partial charge < -0.3 is 5.73 Å². The van der Waals surface area contributed by atoms with E-state index in [0.29, 0.717) is 5.82 Å². The Balaban J connectivity index is 2.74. The highest BCUT2D eigenvalue weighted by atomic mass is 16.1. The predicted molar refractivity (Wildman–Crippen MR) is 31.7 cm³/mol. The molecule has 10 heavy (non-hydrogen) atoms. The highest BCUT2D eigenvalue weighted by Crippen LogP contribution is 1.87. The third-order valence-corrected chi connectivity index (χ3v) is 1.04. The molecule has 1 heterocycles. The van der Waals surface area contributed by atoms with Gasteiger partial charge in [0.2, 0.25) is 5.91 Å². The van der Waals surface area contributed by atoms with Crippen LogP contribution in [0.4, 0.5) is 0 Å². The lowest BCUT2D eigenvalue weighted by atomic mass is 10.4. The van der Waals surface area contributed by atoms with Gasteiger partial charge >= 0.3 is 0 Å². The number of carbonyl (C=O) groups is 1. The molecule has 1 aromatic heterocycles. The topological polar surface area (TPSA) is 86.7 Å². The zero-order valence-electron chi connectivity index (χ0n) is 5.48. The molecule has 0 aromatic carbocycles. The Hall–Kier alpha value is -1.46. The number of tetrazole rings is 1. The van der Waals surface area contributed by atoms with Gasteiger partial charge in [0.05, 0.1) is 6.42 Å². The van der Waals surface area contributed by atoms with Gasteiger partial charge in [-0.3, -0.25) is 4.79 Å². The Morgan fingerprint density at radius 3 is 2.90 bits per heavy atom. The summed E-state index contributed by atoms with van der Waals surface area (Å²) in [5.74, 6) is 0.0467. The Morgan fingerprint density at radius 1 is 1.80 bits per heavy atom. The van der Waals surface area contributed by atoms with Crippen LogP contribution in [0.25, 0.3) is 0 Å². The lowest BCUT2D eigenvalue weighted by Gasteiger charge is -1.91. The quantitative estimate of drug-likeness (QED) is 0.528. The van der Waals surface area contributed by atoms with Crippen molar-refractivity contribution in [1.82, 2.24) is 20.2 Å². The lowest BCUT2D eigenvalue weighted by molar-refractivity contribution is -0.117. The van der Waals surface area contributed by atoms with Crippen LogP contribution in [0.15, 0.2) is 0 Å². The molecule has 1 rings (SSSR count). The largest absolute Gasteiger partial charge is 0.369 e. The van der Waals surface area contributed by atoms with E-state index in [-0.39, 0.29) is 6.42 Å². The molecule has 0 aliphatic carbocycles. The van der Waals surface area contributed by atoms with Crippen LogP contribution in [0.2, 0.25) is 0 Å². The van der Waals surface area contributed by atoms with E-state index in [9.17, 15) is 4.79 Å². The van der Waals surface area contributed by atoms with E-state index in [1.807, 2.05) is 0 Å². The average Bonchev–Trinajstić information content (AvgIpc) is 2.15. The zero-order valence-corrected chi connectivity index (χ0v) is 5.48. The molecule has 1 aromatic rings. The number of aryl methyl sites for hydroxylation is 1. The van der Waals surface area contributed by atoms with Crippen LogP contribution in [-0.4, -0.2) is 26.1 Å². The number of aromatic nitrogens is 4. The number of nitrogens with two attached hydrogens (primary N) is 1. The van der Waals surface area contributed by atoms with Crippen molar-refractivity contribution in [2.24, 2.45) is 12.8 Å². The van der Waals surface area contributed by atoms with Crippen molar-refractivity contribution < 1.29 is 4.79 Å². The van der Waals surface area contributed by atoms with E-state index in [1.54, 1.807) is 7.05 Å². The Labute approximate surface area is 57.0 Å². The maximum absolute atomic E-state index is 10.3. The third kappa shape index (κ3) is 1.28. The van der Waals surface area contributed by atoms with Gasteiger partial charge in [-0.1, -0.05) is 0 Å². The SMILES string of the molecule is Cn1nnnc1CC(N)=O. The van der Waals surface area contributed by atoms with Crippen molar-refractivity contribution >= 4 is 5.91 Å². The first-order chi connectivity index (χ1) is 4.70. The van der Waals surface area contributed by atoms with E-state index >= 15 is 0 Å². The van der Waals surface area contributed by atoms with Crippen LogP contribution in [0.3, 0.4) is 0 Å². The van der Waals surface area contributed by atoms with Gasteiger partial charge in [0.25, 0.3) is 0 Å². The second-order valence-electron chi connectivity index (χ2n) is 1.86. The molecule has 0 aliphatic rings. The Kier molecular flexibility index (Phi) is 1.61. The summed E-state index contributed by atoms with van der Waals surface area (Å²) in [4.78, 5) is 10.3. The first kappa shape index (κ1) is 6.66. The highest BCUT2D eigenvalue weighted by molar-refractivity contribution is 5.75. The smallest absolute Gasteiger partial charge is 0.225 e. The van der Waals surface area contributed by atoms with Crippen molar-refractivity contribution in [2.75, 3.05) is 0 Å². The molecule has 0 atom stereocenters. The normalized spacial score (nSPS) is 9.70. The molecular formula is C4H7N5O. The van der Waals surface area contributed by atoms with E-state index in [1.165, 1.54) is 4.68 Å². The number of amides is 1. The minimum atomic E-state index is -0.432. The molecule has 0 unspecified atom stereocenters. The molecule has 54 valence electrons. The van der Waals surface area contributed by atoms with E-state index in [4.69, 9.17) is 5.73 Å². The van der Waals surface area contributed by atoms with Crippen LogP contribution >= 0.6 is 0 Å². The summed E-state index contributed by atoms with van der Waals surface area (Å²) in [6.45, 7) is 0. The number of hydrogen-bond donors (Lipinski definition) is 1. The lowest BCUT2D eigenvalue weighted by Crippen LogP contribution is -2.16. The van der Waals surface area contributed by atoms with Crippen molar-refractivity contribution in [3.05, 3.63) is 5.82 Å². The van der Waals surface area contributed by atoms with E-state index < -0.39 is 5.91 Å². The molecule has 0 fully saturated rings. The van der Waals surface area contributed by atoms with E-state index in [0.717, 1.165) is 0 Å². The second-order valence-corrected chi connectivity index (χ2v) is 1.86. The monoisotopic (exact) mass is 141 g/mol. The van der Waals surface area contributed by atoms with Gasteiger partial charge in [-0.2, -0.15) is 0 Å². The molecule has 0 saturated heterocycles. The summed E-state index contributed by atoms with van der Waals surface area (Å²) in [6.07, 6.45) is 0.0868. The first-order valence-electron chi connectivity index (χ1n) is 2.69. The first-order valence-corrected chi connectivity index (χ1v) is 2.69. The molecule has 2 N–H and O–H groups in total. The number of primary amides is 1. The van der Waals surface area contributed by atoms with Gasteiger partial charge in [-0.05, 0) is 10.4 Å². The minimum Gasteiger partial charge on any atom is -0.369 e. The third-order valence-electron chi connectivity index (χ3n) is 1.04. The summed E-state index contributed by atoms with van der Waals surface area (Å²) in [5, 5.41) is 10.4. The highest BCUT2D eigenvalue weighted by Gasteiger charge is 2.04. The maximum Gasteiger partial charge on any atom is 0.225 e. The minimum absolute atomic E-state index is 0.0868. The Morgan fingerprint density at radius 2 is 2.50 bits per heavy atom. The molecule has 6 heteroatoms. The molecule has 0 aliphatic heterocycles. The van der Waals surface area contributed by atoms with Crippen LogP contribution < -0.4 is 5.73 Å². The van der Waals surface area contributed by atoms with Gasteiger partial charge in [0.1, 0.15) is 0 Å². The van der Waals surface area contributed by atoms with Crippen molar-refractivity contribution in [3.63, 3.8) is 0 Å². The van der Waals surface area contributed by atoms with Crippen LogP contribution in [0.5, 0.6) is 0 Å². The Bertz CT molecular complexity index is 242. The second kappa shape index (κ2) is 2.42. The van der Waals surface area contributed by atoms with E-state index in [2.05, 4.69) is 15.5 Å². The predicted octanol–water partition coefficient (Wildman–Crippen LogP) is -1.76.